The summed E-state index contributed by atoms with van der Waals surface area (Å²) in [7, 11) is 19.7. The third kappa shape index (κ3) is 77.8. The molecule has 15 rings (SSSR count). The molecule has 11 saturated heterocycles. The lowest BCUT2D eigenvalue weighted by Crippen LogP contribution is -2.30. The number of aliphatic imine (C=N–C) groups is 1. The number of carbonyl (C=O) groups is 5. The average molecular weight is 1830 g/mol. The van der Waals surface area contributed by atoms with Gasteiger partial charge < -0.3 is 59.5 Å². The van der Waals surface area contributed by atoms with E-state index < -0.39 is 23.8 Å². The molecule has 3 amide bonds. The summed E-state index contributed by atoms with van der Waals surface area (Å²) in [5.41, 5.74) is 14.6. The van der Waals surface area contributed by atoms with Crippen molar-refractivity contribution in [2.75, 3.05) is 187 Å². The van der Waals surface area contributed by atoms with Crippen LogP contribution in [0.25, 0.3) is 0 Å². The number of nitrogens with zero attached hydrogens (tertiary/aromatic N) is 12. The van der Waals surface area contributed by atoms with Crippen LogP contribution in [-0.2, 0) is 59.3 Å². The highest BCUT2D eigenvalue weighted by molar-refractivity contribution is 7.78. The molecule has 746 valence electrons. The van der Waals surface area contributed by atoms with Crippen molar-refractivity contribution in [1.29, 1.82) is 0 Å². The van der Waals surface area contributed by atoms with Gasteiger partial charge in [0, 0.05) is 38.3 Å². The first kappa shape index (κ1) is 128. The van der Waals surface area contributed by atoms with Crippen molar-refractivity contribution < 1.29 is 33.6 Å². The monoisotopic (exact) mass is 1830 g/mol. The number of benzene rings is 4. The molecule has 0 unspecified atom stereocenters. The summed E-state index contributed by atoms with van der Waals surface area (Å²) < 4.78 is 0. The van der Waals surface area contributed by atoms with Gasteiger partial charge in [-0.15, -0.1) is 10.1 Å². The van der Waals surface area contributed by atoms with Gasteiger partial charge in [-0.2, -0.15) is 4.99 Å². The van der Waals surface area contributed by atoms with Gasteiger partial charge in [0.15, 0.2) is 0 Å². The molecule has 0 atom stereocenters. The molecule has 11 aliphatic rings. The number of hydroxylamine groups is 4. The van der Waals surface area contributed by atoms with Crippen LogP contribution >= 0.6 is 12.2 Å². The fraction of sp³-hybridized carbons (Fsp3) is 0.706. The molecule has 4 aromatic rings. The van der Waals surface area contributed by atoms with Gasteiger partial charge in [0.05, 0.1) is 16.5 Å². The molecular formula is C109H197N13O7S. The van der Waals surface area contributed by atoms with E-state index in [4.69, 9.17) is 10.6 Å². The van der Waals surface area contributed by atoms with Crippen LogP contribution in [0.4, 0.5) is 11.4 Å². The van der Waals surface area contributed by atoms with E-state index in [-0.39, 0.29) is 25.2 Å². The quantitative estimate of drug-likeness (QED) is 0.0761. The minimum Gasteiger partial charge on any atom is -0.399 e. The number of allylic oxidation sites excluding steroid dienone is 1. The molecule has 0 aliphatic carbocycles. The highest BCUT2D eigenvalue weighted by Crippen LogP contribution is 2.22. The number of nitrogen functional groups attached to an aromatic ring is 1. The number of nitrogens with two attached hydrogens (primary N) is 1. The Balaban J connectivity index is -0.00000133. The normalized spacial score (nSPS) is 18.1. The molecule has 20 nitrogen and oxygen atoms in total. The fourth-order valence-corrected chi connectivity index (χ4v) is 14.4. The first-order valence-corrected chi connectivity index (χ1v) is 51.6. The summed E-state index contributed by atoms with van der Waals surface area (Å²) in [6.07, 6.45) is 45.6. The van der Waals surface area contributed by atoms with Gasteiger partial charge in [0.2, 0.25) is 0 Å². The van der Waals surface area contributed by atoms with Crippen molar-refractivity contribution in [3.05, 3.63) is 143 Å². The Hall–Kier alpha value is -6.59. The van der Waals surface area contributed by atoms with Crippen LogP contribution in [0.1, 0.15) is 323 Å². The average Bonchev–Trinajstić information content (AvgIpc) is 1.74. The number of carbonyl (C=O) groups excluding carboxylic acids is 5. The SMILES string of the molecule is C=C1CCC(=O)N1OC(=O)CC.CC.CC.CC(=O)ON1C(=O)CCC1=O.CCC.CCc1ccc(C)cc1.CCc1ccc(N)cc1.CCc1ccc(N=C=S)cc1.CCc1ccccc1.CN1CCCCC1.CN1CCCCC1.CN1CCCCC1.CN1CCCCC1.CN1CCCCC1.CN1CCCCC1.CN1CCCCC1.CN1CCCCC1.CN1CCCCC1. The number of piperidine rings is 9. The summed E-state index contributed by atoms with van der Waals surface area (Å²) in [6, 6.07) is 35.1. The Morgan fingerprint density at radius 3 is 0.762 bits per heavy atom. The van der Waals surface area contributed by atoms with Crippen LogP contribution in [0, 0.1) is 6.92 Å². The summed E-state index contributed by atoms with van der Waals surface area (Å²) in [5.74, 6) is -2.17. The molecule has 11 heterocycles. The molecular weight excluding hydrogens is 1640 g/mol. The van der Waals surface area contributed by atoms with Crippen LogP contribution in [0.15, 0.2) is 120 Å². The van der Waals surface area contributed by atoms with Crippen LogP contribution in [0.2, 0.25) is 0 Å². The van der Waals surface area contributed by atoms with E-state index in [1.165, 1.54) is 325 Å². The topological polar surface area (TPSA) is 178 Å². The lowest BCUT2D eigenvalue weighted by Gasteiger charge is -2.20. The van der Waals surface area contributed by atoms with Crippen LogP contribution < -0.4 is 5.73 Å². The Labute approximate surface area is 804 Å². The highest BCUT2D eigenvalue weighted by Gasteiger charge is 2.32. The van der Waals surface area contributed by atoms with Crippen molar-refractivity contribution in [3.8, 4) is 0 Å². The number of amides is 3. The zero-order valence-corrected chi connectivity index (χ0v) is 88.4. The van der Waals surface area contributed by atoms with Crippen molar-refractivity contribution in [2.45, 2.75) is 328 Å². The number of rotatable bonds is 8. The highest BCUT2D eigenvalue weighted by atomic mass is 32.1. The van der Waals surface area contributed by atoms with E-state index in [0.29, 0.717) is 23.6 Å². The molecule has 0 spiro atoms. The predicted octanol–water partition coefficient (Wildman–Crippen LogP) is 23.6. The van der Waals surface area contributed by atoms with Crippen LogP contribution in [0.5, 0.6) is 0 Å². The van der Waals surface area contributed by atoms with E-state index in [1.54, 1.807) is 6.92 Å². The summed E-state index contributed by atoms with van der Waals surface area (Å²) in [4.78, 5) is 88.1. The molecule has 2 N–H and O–H groups in total. The maximum absolute atomic E-state index is 11.0. The molecule has 4 aromatic carbocycles. The maximum atomic E-state index is 11.0. The van der Waals surface area contributed by atoms with Crippen molar-refractivity contribution >= 4 is 58.4 Å². The van der Waals surface area contributed by atoms with E-state index >= 15 is 0 Å². The molecule has 11 fully saturated rings. The van der Waals surface area contributed by atoms with Gasteiger partial charge in [-0.25, -0.2) is 9.59 Å². The molecule has 11 aliphatic heterocycles. The Bertz CT molecular complexity index is 2970. The Kier molecular flexibility index (Phi) is 88.5. The summed E-state index contributed by atoms with van der Waals surface area (Å²) in [6.45, 7) is 53.1. The first-order chi connectivity index (χ1) is 62.7. The largest absolute Gasteiger partial charge is 0.399 e. The minimum atomic E-state index is -0.659. The van der Waals surface area contributed by atoms with E-state index in [2.05, 4.69) is 250 Å². The second-order valence-corrected chi connectivity index (χ2v) is 35.4. The number of imide groups is 1. The van der Waals surface area contributed by atoms with Crippen LogP contribution in [0.3, 0.4) is 0 Å². The van der Waals surface area contributed by atoms with E-state index in [9.17, 15) is 24.0 Å². The first-order valence-electron chi connectivity index (χ1n) is 51.2. The molecule has 21 heteroatoms. The molecule has 0 radical (unpaired) electrons. The van der Waals surface area contributed by atoms with Gasteiger partial charge in [-0.1, -0.05) is 231 Å². The van der Waals surface area contributed by atoms with E-state index in [1.807, 2.05) is 70.2 Å². The maximum Gasteiger partial charge on any atom is 0.332 e. The van der Waals surface area contributed by atoms with Gasteiger partial charge in [-0.3, -0.25) is 14.4 Å². The van der Waals surface area contributed by atoms with Gasteiger partial charge >= 0.3 is 11.9 Å². The van der Waals surface area contributed by atoms with Crippen LogP contribution in [-0.4, -0.2) is 270 Å². The number of thiocarbonyl (C=S) groups is 1. The Morgan fingerprint density at radius 2 is 0.569 bits per heavy atom. The predicted molar refractivity (Wildman–Crippen MR) is 562 cm³/mol. The minimum absolute atomic E-state index is 0.131. The van der Waals surface area contributed by atoms with Gasteiger partial charge in [-0.05, 0) is 395 Å². The van der Waals surface area contributed by atoms with Gasteiger partial charge in [0.1, 0.15) is 0 Å². The van der Waals surface area contributed by atoms with Gasteiger partial charge in [0.25, 0.3) is 17.7 Å². The summed E-state index contributed by atoms with van der Waals surface area (Å²) >= 11 is 4.48. The van der Waals surface area contributed by atoms with Crippen molar-refractivity contribution in [2.24, 2.45) is 4.99 Å². The number of isothiocyanates is 1. The molecule has 0 saturated carbocycles. The second-order valence-electron chi connectivity index (χ2n) is 35.2. The Morgan fingerprint density at radius 1 is 0.346 bits per heavy atom. The molecule has 130 heavy (non-hydrogen) atoms. The zero-order chi connectivity index (χ0) is 97.6. The zero-order valence-electron chi connectivity index (χ0n) is 87.6. The number of aryl methyl sites for hydroxylation is 5. The standard InChI is InChI=1S/C9H9NS.C9H12.C8H11NO3.C8H11N.C8H10.C6H7NO4.9C6H13N.C3H8.2C2H6/c1-2-8-3-5-9(6-4-8)10-7-11;1-3-9-6-4-8(2)5-7-9;1-3-8(11)12-9-6(2)4-5-7(9)10;1-2-7-3-5-8(9)6-4-7;1-2-8-6-4-3-5-7-8;1-4(8)11-7-5(9)2-3-6(7)10;9*1-7-5-3-2-4-6-7;1-3-2;2*1-2/h3-6H,2H2,1H3;4-7H,3H2,1-2H3;2-5H2,1H3;3-6H,2,9H2,1H3;3-7H,2H2,1H3;2-3H2,1H3;9*2-6H2,1H3;3H2,1-2H3;2*1-2H3. The fourth-order valence-electron chi connectivity index (χ4n) is 14.3. The summed E-state index contributed by atoms with van der Waals surface area (Å²) in [5, 5.41) is 3.84. The lowest BCUT2D eigenvalue weighted by atomic mass is 10.1. The third-order valence-corrected chi connectivity index (χ3v) is 22.8. The number of hydrogen-bond donors (Lipinski definition) is 1. The third-order valence-electron chi connectivity index (χ3n) is 22.8. The lowest BCUT2D eigenvalue weighted by molar-refractivity contribution is -0.195. The number of likely N-dealkylation sites (tertiary alicyclic amines) is 9. The van der Waals surface area contributed by atoms with Crippen molar-refractivity contribution in [1.82, 2.24) is 54.2 Å². The second kappa shape index (κ2) is 90.2. The number of hydrogen-bond acceptors (Lipinski definition) is 19. The van der Waals surface area contributed by atoms with E-state index in [0.717, 1.165) is 49.0 Å². The molecule has 0 bridgehead atoms. The smallest absolute Gasteiger partial charge is 0.332 e. The number of anilines is 1. The molecule has 0 aromatic heterocycles. The van der Waals surface area contributed by atoms with Crippen molar-refractivity contribution in [3.63, 3.8) is 0 Å².